The van der Waals surface area contributed by atoms with E-state index in [1.807, 2.05) is 31.2 Å². The number of aromatic nitrogens is 5. The summed E-state index contributed by atoms with van der Waals surface area (Å²) < 4.78 is 16.6. The first-order valence-electron chi connectivity index (χ1n) is 9.44. The quantitative estimate of drug-likeness (QED) is 0.354. The number of ether oxygens (including phenoxy) is 2. The van der Waals surface area contributed by atoms with Gasteiger partial charge < -0.3 is 15.2 Å². The van der Waals surface area contributed by atoms with Crippen LogP contribution in [0.15, 0.2) is 52.2 Å². The summed E-state index contributed by atoms with van der Waals surface area (Å²) in [7, 11) is 0. The van der Waals surface area contributed by atoms with Gasteiger partial charge >= 0.3 is 0 Å². The van der Waals surface area contributed by atoms with Gasteiger partial charge in [-0.25, -0.2) is 10.1 Å². The Morgan fingerprint density at radius 2 is 1.97 bits per heavy atom. The van der Waals surface area contributed by atoms with Crippen LogP contribution in [0.1, 0.15) is 21.6 Å². The molecule has 0 fully saturated rings. The van der Waals surface area contributed by atoms with Crippen molar-refractivity contribution < 1.29 is 18.9 Å². The number of fused-ring (bicyclic) bond motifs is 1. The van der Waals surface area contributed by atoms with E-state index in [4.69, 9.17) is 15.2 Å². The second-order valence-corrected chi connectivity index (χ2v) is 6.85. The molecule has 32 heavy (non-hydrogen) atoms. The SMILES string of the molecule is Cc1ccc(-c2c(C(=O)N/N=C/c3ccc4c(c3)OCO4)nnn2-c2nonc2N)cc1. The van der Waals surface area contributed by atoms with Gasteiger partial charge in [0.1, 0.15) is 5.69 Å². The zero-order chi connectivity index (χ0) is 22.1. The molecule has 5 rings (SSSR count). The first-order valence-corrected chi connectivity index (χ1v) is 9.44. The van der Waals surface area contributed by atoms with E-state index in [0.717, 1.165) is 11.1 Å². The summed E-state index contributed by atoms with van der Waals surface area (Å²) >= 11 is 0. The Hall–Kier alpha value is -4.74. The van der Waals surface area contributed by atoms with Crippen molar-refractivity contribution >= 4 is 17.9 Å². The first-order chi connectivity index (χ1) is 15.6. The summed E-state index contributed by atoms with van der Waals surface area (Å²) in [5.41, 5.74) is 11.1. The fourth-order valence-corrected chi connectivity index (χ4v) is 3.10. The van der Waals surface area contributed by atoms with E-state index < -0.39 is 5.91 Å². The van der Waals surface area contributed by atoms with E-state index in [1.165, 1.54) is 10.9 Å². The van der Waals surface area contributed by atoms with Gasteiger partial charge in [0.2, 0.25) is 18.4 Å². The number of rotatable bonds is 5. The number of hydrazone groups is 1. The van der Waals surface area contributed by atoms with Crippen LogP contribution in [0.25, 0.3) is 17.1 Å². The smallest absolute Gasteiger partial charge is 0.294 e. The third kappa shape index (κ3) is 3.49. The summed E-state index contributed by atoms with van der Waals surface area (Å²) in [6.45, 7) is 2.13. The molecule has 1 aliphatic rings. The summed E-state index contributed by atoms with van der Waals surface area (Å²) in [5.74, 6) is 0.835. The number of benzene rings is 2. The molecule has 0 aliphatic carbocycles. The first kappa shape index (κ1) is 19.2. The van der Waals surface area contributed by atoms with Gasteiger partial charge in [0, 0.05) is 5.56 Å². The maximum absolute atomic E-state index is 12.9. The summed E-state index contributed by atoms with van der Waals surface area (Å²) in [4.78, 5) is 12.9. The molecule has 2 aromatic heterocycles. The molecule has 0 saturated heterocycles. The van der Waals surface area contributed by atoms with Crippen molar-refractivity contribution in [2.75, 3.05) is 12.5 Å². The molecular formula is C20H16N8O4. The van der Waals surface area contributed by atoms with E-state index in [0.29, 0.717) is 22.8 Å². The van der Waals surface area contributed by atoms with E-state index in [1.54, 1.807) is 18.2 Å². The Kier molecular flexibility index (Phi) is 4.71. The number of nitrogens with two attached hydrogens (primary N) is 1. The molecule has 0 bridgehead atoms. The normalized spacial score (nSPS) is 12.4. The number of hydrogen-bond donors (Lipinski definition) is 2. The van der Waals surface area contributed by atoms with Crippen LogP contribution in [0.4, 0.5) is 5.82 Å². The lowest BCUT2D eigenvalue weighted by molar-refractivity contribution is 0.0950. The Balaban J connectivity index is 1.45. The molecule has 0 radical (unpaired) electrons. The van der Waals surface area contributed by atoms with Gasteiger partial charge in [0.05, 0.1) is 6.21 Å². The molecule has 1 amide bonds. The predicted octanol–water partition coefficient (Wildman–Crippen LogP) is 1.70. The number of nitrogen functional groups attached to an aromatic ring is 1. The van der Waals surface area contributed by atoms with E-state index in [2.05, 4.69) is 35.8 Å². The highest BCUT2D eigenvalue weighted by Gasteiger charge is 2.25. The number of carbonyl (C=O) groups excluding carboxylic acids is 1. The summed E-state index contributed by atoms with van der Waals surface area (Å²) in [6, 6.07) is 12.8. The fraction of sp³-hybridized carbons (Fsp3) is 0.100. The standard InChI is InChI=1S/C20H16N8O4/c1-11-2-5-13(6-3-11)17-16(23-27-28(17)19-18(21)25-32-26-19)20(29)24-22-9-12-4-7-14-15(8-12)31-10-30-14/h2-9H,10H2,1H3,(H2,21,25)(H,24,29)/b22-9+. The molecule has 0 atom stereocenters. The van der Waals surface area contributed by atoms with Crippen molar-refractivity contribution in [2.24, 2.45) is 5.10 Å². The van der Waals surface area contributed by atoms with Crippen LogP contribution in [0.5, 0.6) is 11.5 Å². The average Bonchev–Trinajstić information content (AvgIpc) is 3.53. The lowest BCUT2D eigenvalue weighted by atomic mass is 10.1. The second kappa shape index (κ2) is 7.83. The molecule has 0 unspecified atom stereocenters. The predicted molar refractivity (Wildman–Crippen MR) is 111 cm³/mol. The summed E-state index contributed by atoms with van der Waals surface area (Å²) in [5, 5.41) is 19.4. The number of aryl methyl sites for hydroxylation is 1. The molecule has 12 heteroatoms. The fourth-order valence-electron chi connectivity index (χ4n) is 3.10. The van der Waals surface area contributed by atoms with Crippen molar-refractivity contribution in [3.63, 3.8) is 0 Å². The number of hydrogen-bond acceptors (Lipinski definition) is 10. The summed E-state index contributed by atoms with van der Waals surface area (Å²) in [6.07, 6.45) is 1.48. The minimum Gasteiger partial charge on any atom is -0.454 e. The highest BCUT2D eigenvalue weighted by molar-refractivity contribution is 5.98. The van der Waals surface area contributed by atoms with E-state index in [-0.39, 0.29) is 24.1 Å². The van der Waals surface area contributed by atoms with Gasteiger partial charge in [-0.1, -0.05) is 35.0 Å². The highest BCUT2D eigenvalue weighted by atomic mass is 16.7. The van der Waals surface area contributed by atoms with Crippen molar-refractivity contribution in [1.29, 1.82) is 0 Å². The third-order valence-corrected chi connectivity index (χ3v) is 4.68. The van der Waals surface area contributed by atoms with Crippen LogP contribution in [0, 0.1) is 6.92 Å². The van der Waals surface area contributed by atoms with Gasteiger partial charge in [-0.15, -0.1) is 5.10 Å². The molecule has 3 heterocycles. The minimum atomic E-state index is -0.571. The van der Waals surface area contributed by atoms with E-state index >= 15 is 0 Å². The van der Waals surface area contributed by atoms with Gasteiger partial charge in [-0.3, -0.25) is 4.79 Å². The van der Waals surface area contributed by atoms with Gasteiger partial charge in [0.25, 0.3) is 5.91 Å². The van der Waals surface area contributed by atoms with Gasteiger partial charge in [0.15, 0.2) is 17.2 Å². The van der Waals surface area contributed by atoms with E-state index in [9.17, 15) is 4.79 Å². The number of nitrogens with one attached hydrogen (secondary N) is 1. The number of amides is 1. The third-order valence-electron chi connectivity index (χ3n) is 4.68. The van der Waals surface area contributed by atoms with Crippen LogP contribution >= 0.6 is 0 Å². The molecule has 0 saturated carbocycles. The molecule has 3 N–H and O–H groups in total. The van der Waals surface area contributed by atoms with Gasteiger partial charge in [-0.05, 0) is 41.0 Å². The molecule has 0 spiro atoms. The lowest BCUT2D eigenvalue weighted by Crippen LogP contribution is -2.19. The van der Waals surface area contributed by atoms with Crippen LogP contribution < -0.4 is 20.6 Å². The largest absolute Gasteiger partial charge is 0.454 e. The Labute approximate surface area is 180 Å². The maximum Gasteiger partial charge on any atom is 0.294 e. The van der Waals surface area contributed by atoms with Crippen molar-refractivity contribution in [3.8, 4) is 28.6 Å². The highest BCUT2D eigenvalue weighted by Crippen LogP contribution is 2.32. The van der Waals surface area contributed by atoms with Crippen LogP contribution in [-0.2, 0) is 0 Å². The number of anilines is 1. The van der Waals surface area contributed by atoms with Crippen LogP contribution in [0.3, 0.4) is 0 Å². The molecule has 1 aliphatic heterocycles. The van der Waals surface area contributed by atoms with Crippen LogP contribution in [-0.4, -0.2) is 44.2 Å². The molecule has 12 nitrogen and oxygen atoms in total. The molecular weight excluding hydrogens is 416 g/mol. The lowest BCUT2D eigenvalue weighted by Gasteiger charge is -2.06. The van der Waals surface area contributed by atoms with Crippen molar-refractivity contribution in [1.82, 2.24) is 30.7 Å². The Morgan fingerprint density at radius 1 is 1.16 bits per heavy atom. The molecule has 2 aromatic carbocycles. The number of carbonyl (C=O) groups is 1. The van der Waals surface area contributed by atoms with Crippen molar-refractivity contribution in [3.05, 3.63) is 59.3 Å². The zero-order valence-corrected chi connectivity index (χ0v) is 16.7. The Bertz CT molecular complexity index is 1330. The topological polar surface area (TPSA) is 156 Å². The second-order valence-electron chi connectivity index (χ2n) is 6.85. The maximum atomic E-state index is 12.9. The van der Waals surface area contributed by atoms with Gasteiger partial charge in [-0.2, -0.15) is 9.78 Å². The van der Waals surface area contributed by atoms with Crippen molar-refractivity contribution in [2.45, 2.75) is 6.92 Å². The monoisotopic (exact) mass is 432 g/mol. The molecule has 4 aromatic rings. The average molecular weight is 432 g/mol. The molecule has 160 valence electrons. The Morgan fingerprint density at radius 3 is 2.75 bits per heavy atom. The number of nitrogens with zero attached hydrogens (tertiary/aromatic N) is 6. The zero-order valence-electron chi connectivity index (χ0n) is 16.7. The minimum absolute atomic E-state index is 0.0102. The van der Waals surface area contributed by atoms with Crippen LogP contribution in [0.2, 0.25) is 0 Å².